The predicted octanol–water partition coefficient (Wildman–Crippen LogP) is 2.80. The van der Waals surface area contributed by atoms with Crippen LogP contribution in [0.5, 0.6) is 0 Å². The fraction of sp³-hybridized carbons (Fsp3) is 0.611. The number of amides is 1. The molecule has 3 rings (SSSR count). The average molecular weight is 286 g/mol. The van der Waals surface area contributed by atoms with Gasteiger partial charge in [-0.25, -0.2) is 0 Å². The van der Waals surface area contributed by atoms with Crippen molar-refractivity contribution in [2.45, 2.75) is 46.1 Å². The Hall–Kier alpha value is -1.35. The number of carbonyl (C=O) groups is 1. The highest BCUT2D eigenvalue weighted by Crippen LogP contribution is 2.37. The third-order valence-electron chi connectivity index (χ3n) is 5.44. The van der Waals surface area contributed by atoms with E-state index in [2.05, 4.69) is 42.3 Å². The standard InChI is InChI=1S/C18H26N2O/c1-14-3-4-16(11-15(14)2)12-20-9-7-18(8-10-20)6-5-17(21)19-13-18/h3-4,11H,5-10,12-13H2,1-2H3,(H,19,21). The number of carbonyl (C=O) groups excluding carboxylic acids is 1. The molecule has 0 radical (unpaired) electrons. The van der Waals surface area contributed by atoms with Gasteiger partial charge in [-0.3, -0.25) is 9.69 Å². The van der Waals surface area contributed by atoms with E-state index in [9.17, 15) is 4.79 Å². The van der Waals surface area contributed by atoms with Gasteiger partial charge in [0.2, 0.25) is 5.91 Å². The summed E-state index contributed by atoms with van der Waals surface area (Å²) in [5, 5.41) is 3.06. The highest BCUT2D eigenvalue weighted by molar-refractivity contribution is 5.76. The van der Waals surface area contributed by atoms with Gasteiger partial charge in [-0.2, -0.15) is 0 Å². The molecule has 2 aliphatic heterocycles. The molecule has 1 aromatic carbocycles. The van der Waals surface area contributed by atoms with Crippen molar-refractivity contribution in [2.75, 3.05) is 19.6 Å². The lowest BCUT2D eigenvalue weighted by Gasteiger charge is -2.44. The van der Waals surface area contributed by atoms with Gasteiger partial charge in [0.25, 0.3) is 0 Å². The molecule has 21 heavy (non-hydrogen) atoms. The van der Waals surface area contributed by atoms with Crippen LogP contribution in [-0.2, 0) is 11.3 Å². The molecule has 2 heterocycles. The third kappa shape index (κ3) is 3.29. The molecular weight excluding hydrogens is 260 g/mol. The lowest BCUT2D eigenvalue weighted by molar-refractivity contribution is -0.125. The Morgan fingerprint density at radius 3 is 2.52 bits per heavy atom. The van der Waals surface area contributed by atoms with Crippen LogP contribution in [0.25, 0.3) is 0 Å². The first kappa shape index (κ1) is 14.6. The lowest BCUT2D eigenvalue weighted by atomic mass is 9.73. The molecule has 114 valence electrons. The third-order valence-corrected chi connectivity index (χ3v) is 5.44. The van der Waals surface area contributed by atoms with Gasteiger partial charge in [-0.05, 0) is 68.3 Å². The second-order valence-corrected chi connectivity index (χ2v) is 6.97. The first-order valence-corrected chi connectivity index (χ1v) is 8.12. The Kier molecular flexibility index (Phi) is 4.03. The zero-order valence-electron chi connectivity index (χ0n) is 13.2. The van der Waals surface area contributed by atoms with Gasteiger partial charge in [0.15, 0.2) is 0 Å². The minimum Gasteiger partial charge on any atom is -0.356 e. The summed E-state index contributed by atoms with van der Waals surface area (Å²) < 4.78 is 0. The normalized spacial score (nSPS) is 22.3. The molecule has 2 aliphatic rings. The molecule has 0 unspecified atom stereocenters. The molecule has 0 aliphatic carbocycles. The molecular formula is C18H26N2O. The highest BCUT2D eigenvalue weighted by Gasteiger charge is 2.37. The Balaban J connectivity index is 1.56. The molecule has 2 saturated heterocycles. The summed E-state index contributed by atoms with van der Waals surface area (Å²) in [5.41, 5.74) is 4.56. The van der Waals surface area contributed by atoms with Gasteiger partial charge in [0.05, 0.1) is 0 Å². The highest BCUT2D eigenvalue weighted by atomic mass is 16.1. The number of benzene rings is 1. The van der Waals surface area contributed by atoms with Crippen molar-refractivity contribution < 1.29 is 4.79 Å². The average Bonchev–Trinajstić information content (AvgIpc) is 2.49. The molecule has 3 nitrogen and oxygen atoms in total. The molecule has 0 atom stereocenters. The number of nitrogens with one attached hydrogen (secondary N) is 1. The van der Waals surface area contributed by atoms with Gasteiger partial charge in [-0.15, -0.1) is 0 Å². The zero-order valence-corrected chi connectivity index (χ0v) is 13.2. The maximum absolute atomic E-state index is 11.3. The van der Waals surface area contributed by atoms with Crippen molar-refractivity contribution >= 4 is 5.91 Å². The summed E-state index contributed by atoms with van der Waals surface area (Å²) in [5.74, 6) is 0.234. The fourth-order valence-electron chi connectivity index (χ4n) is 3.61. The van der Waals surface area contributed by atoms with Crippen LogP contribution < -0.4 is 5.32 Å². The van der Waals surface area contributed by atoms with Crippen LogP contribution in [0.4, 0.5) is 0 Å². The van der Waals surface area contributed by atoms with Crippen LogP contribution in [-0.4, -0.2) is 30.4 Å². The number of hydrogen-bond acceptors (Lipinski definition) is 2. The summed E-state index contributed by atoms with van der Waals surface area (Å²) in [6, 6.07) is 6.81. The van der Waals surface area contributed by atoms with Gasteiger partial charge in [0, 0.05) is 19.5 Å². The lowest BCUT2D eigenvalue weighted by Crippen LogP contribution is -2.49. The second kappa shape index (κ2) is 5.80. The molecule has 0 bridgehead atoms. The van der Waals surface area contributed by atoms with Crippen LogP contribution in [0.15, 0.2) is 18.2 Å². The maximum Gasteiger partial charge on any atom is 0.220 e. The zero-order chi connectivity index (χ0) is 14.9. The molecule has 3 heteroatoms. The molecule has 0 aromatic heterocycles. The van der Waals surface area contributed by atoms with Crippen LogP contribution in [0.2, 0.25) is 0 Å². The molecule has 2 fully saturated rings. The van der Waals surface area contributed by atoms with E-state index in [1.165, 1.54) is 29.5 Å². The van der Waals surface area contributed by atoms with E-state index in [0.717, 1.165) is 39.0 Å². The molecule has 1 amide bonds. The SMILES string of the molecule is Cc1ccc(CN2CCC3(CCC(=O)NC3)CC2)cc1C. The summed E-state index contributed by atoms with van der Waals surface area (Å²) in [7, 11) is 0. The monoisotopic (exact) mass is 286 g/mol. The Bertz CT molecular complexity index is 518. The topological polar surface area (TPSA) is 32.3 Å². The summed E-state index contributed by atoms with van der Waals surface area (Å²) >= 11 is 0. The quantitative estimate of drug-likeness (QED) is 0.906. The number of hydrogen-bond donors (Lipinski definition) is 1. The fourth-order valence-corrected chi connectivity index (χ4v) is 3.61. The number of piperidine rings is 2. The molecule has 1 spiro atoms. The van der Waals surface area contributed by atoms with E-state index in [-0.39, 0.29) is 5.91 Å². The summed E-state index contributed by atoms with van der Waals surface area (Å²) in [6.45, 7) is 8.62. The van der Waals surface area contributed by atoms with E-state index < -0.39 is 0 Å². The predicted molar refractivity (Wildman–Crippen MR) is 85.1 cm³/mol. The van der Waals surface area contributed by atoms with Gasteiger partial charge < -0.3 is 5.32 Å². The van der Waals surface area contributed by atoms with E-state index in [1.807, 2.05) is 0 Å². The largest absolute Gasteiger partial charge is 0.356 e. The van der Waals surface area contributed by atoms with Gasteiger partial charge in [-0.1, -0.05) is 18.2 Å². The molecule has 1 N–H and O–H groups in total. The van der Waals surface area contributed by atoms with Crippen molar-refractivity contribution in [1.29, 1.82) is 0 Å². The second-order valence-electron chi connectivity index (χ2n) is 6.97. The van der Waals surface area contributed by atoms with E-state index in [0.29, 0.717) is 5.41 Å². The number of likely N-dealkylation sites (tertiary alicyclic amines) is 1. The number of rotatable bonds is 2. The number of aryl methyl sites for hydroxylation is 2. The van der Waals surface area contributed by atoms with Crippen molar-refractivity contribution in [3.63, 3.8) is 0 Å². The first-order valence-electron chi connectivity index (χ1n) is 8.12. The maximum atomic E-state index is 11.3. The van der Waals surface area contributed by atoms with Crippen LogP contribution >= 0.6 is 0 Å². The number of nitrogens with zero attached hydrogens (tertiary/aromatic N) is 1. The minimum atomic E-state index is 0.234. The minimum absolute atomic E-state index is 0.234. The van der Waals surface area contributed by atoms with E-state index in [1.54, 1.807) is 0 Å². The van der Waals surface area contributed by atoms with E-state index in [4.69, 9.17) is 0 Å². The smallest absolute Gasteiger partial charge is 0.220 e. The van der Waals surface area contributed by atoms with Crippen molar-refractivity contribution in [1.82, 2.24) is 10.2 Å². The molecule has 1 aromatic rings. The summed E-state index contributed by atoms with van der Waals surface area (Å²) in [4.78, 5) is 13.9. The Labute approximate surface area is 127 Å². The molecule has 0 saturated carbocycles. The van der Waals surface area contributed by atoms with Crippen molar-refractivity contribution in [2.24, 2.45) is 5.41 Å². The van der Waals surface area contributed by atoms with Crippen molar-refractivity contribution in [3.8, 4) is 0 Å². The Morgan fingerprint density at radius 1 is 1.14 bits per heavy atom. The van der Waals surface area contributed by atoms with Crippen LogP contribution in [0.3, 0.4) is 0 Å². The van der Waals surface area contributed by atoms with E-state index >= 15 is 0 Å². The summed E-state index contributed by atoms with van der Waals surface area (Å²) in [6.07, 6.45) is 4.24. The van der Waals surface area contributed by atoms with Gasteiger partial charge in [0.1, 0.15) is 0 Å². The van der Waals surface area contributed by atoms with Crippen LogP contribution in [0.1, 0.15) is 42.4 Å². The van der Waals surface area contributed by atoms with Gasteiger partial charge >= 0.3 is 0 Å². The Morgan fingerprint density at radius 2 is 1.90 bits per heavy atom. The first-order chi connectivity index (χ1) is 10.1. The van der Waals surface area contributed by atoms with Crippen molar-refractivity contribution in [3.05, 3.63) is 34.9 Å². The van der Waals surface area contributed by atoms with Crippen LogP contribution in [0, 0.1) is 19.3 Å².